The van der Waals surface area contributed by atoms with Crippen LogP contribution in [0.25, 0.3) is 66.9 Å². The predicted octanol–water partition coefficient (Wildman–Crippen LogP) is 18.4. The molecule has 0 spiro atoms. The summed E-state index contributed by atoms with van der Waals surface area (Å²) < 4.78 is 8.78. The molecule has 1 unspecified atom stereocenters. The lowest BCUT2D eigenvalue weighted by Crippen LogP contribution is -2.28. The smallest absolute Gasteiger partial charge is 0.127 e. The zero-order valence-electron chi connectivity index (χ0n) is 39.6. The van der Waals surface area contributed by atoms with Gasteiger partial charge < -0.3 is 14.2 Å². The Labute approximate surface area is 420 Å². The third-order valence-electron chi connectivity index (χ3n) is 14.5. The van der Waals surface area contributed by atoms with Gasteiger partial charge in [-0.2, -0.15) is 0 Å². The monoisotopic (exact) mass is 920 g/mol. The Bertz CT molecular complexity index is 3920. The molecule has 11 aromatic carbocycles. The molecule has 0 fully saturated rings. The predicted molar refractivity (Wildman–Crippen MR) is 300 cm³/mol. The van der Waals surface area contributed by atoms with Gasteiger partial charge in [-0.1, -0.05) is 195 Å². The Morgan fingerprint density at radius 1 is 0.375 bits per heavy atom. The highest BCUT2D eigenvalue weighted by Crippen LogP contribution is 2.57. The normalized spacial score (nSPS) is 13.7. The molecule has 12 aromatic rings. The molecule has 0 amide bonds. The SMILES string of the molecule is C=Cc1ccc(Oc2ccc(C3(c4ccccc4)c4ccccc4-c4ccc(N(c5ccc(-c6ccccc6)cc5)c5ccc(-c6ccc7c(c6)c6ccccc6n7-c6ccccc6)cc5)cc43)cc2)cc1. The van der Waals surface area contributed by atoms with Crippen LogP contribution < -0.4 is 9.64 Å². The second kappa shape index (κ2) is 17.8. The Morgan fingerprint density at radius 2 is 0.889 bits per heavy atom. The molecule has 0 radical (unpaired) electrons. The van der Waals surface area contributed by atoms with Crippen molar-refractivity contribution >= 4 is 44.9 Å². The number of hydrogen-bond acceptors (Lipinski definition) is 2. The summed E-state index contributed by atoms with van der Waals surface area (Å²) in [6.45, 7) is 3.91. The van der Waals surface area contributed by atoms with E-state index in [1.165, 1.54) is 71.9 Å². The van der Waals surface area contributed by atoms with Crippen LogP contribution in [0.2, 0.25) is 0 Å². The summed E-state index contributed by atoms with van der Waals surface area (Å²) in [5, 5.41) is 2.47. The summed E-state index contributed by atoms with van der Waals surface area (Å²) >= 11 is 0. The third kappa shape index (κ3) is 7.21. The topological polar surface area (TPSA) is 17.4 Å². The molecule has 1 atom stereocenters. The van der Waals surface area contributed by atoms with Crippen LogP contribution in [0.5, 0.6) is 11.5 Å². The standard InChI is InChI=1S/C69H48N2O/c1-2-48-26-40-59(41-27-48)72-60-42-33-54(34-43-60)69(53-18-8-4-9-19-53)65-24-14-12-22-61(65)62-44-39-58(47-66(62)69)70(56-35-28-50(29-36-56)49-16-6-3-7-17-49)57-37-30-51(31-38-57)52-32-45-68-64(46-52)63-23-13-15-25-67(63)71(68)55-20-10-5-11-21-55/h2-47H,1H2. The van der Waals surface area contributed by atoms with Crippen molar-refractivity contribution in [1.82, 2.24) is 4.57 Å². The van der Waals surface area contributed by atoms with Gasteiger partial charge in [0.15, 0.2) is 0 Å². The lowest BCUT2D eigenvalue weighted by molar-refractivity contribution is 0.482. The van der Waals surface area contributed by atoms with Crippen LogP contribution in [-0.4, -0.2) is 4.57 Å². The minimum absolute atomic E-state index is 0.623. The van der Waals surface area contributed by atoms with E-state index in [1.54, 1.807) is 0 Å². The fourth-order valence-corrected chi connectivity index (χ4v) is 11.2. The summed E-state index contributed by atoms with van der Waals surface area (Å²) in [6.07, 6.45) is 1.84. The second-order valence-electron chi connectivity index (χ2n) is 18.5. The molecule has 0 saturated carbocycles. The maximum atomic E-state index is 6.41. The van der Waals surface area contributed by atoms with E-state index in [1.807, 2.05) is 30.3 Å². The molecule has 1 aromatic heterocycles. The molecule has 3 heteroatoms. The average molecular weight is 921 g/mol. The van der Waals surface area contributed by atoms with Crippen LogP contribution >= 0.6 is 0 Å². The van der Waals surface area contributed by atoms with E-state index >= 15 is 0 Å². The lowest BCUT2D eigenvalue weighted by Gasteiger charge is -2.35. The van der Waals surface area contributed by atoms with Crippen molar-refractivity contribution in [3.8, 4) is 50.6 Å². The van der Waals surface area contributed by atoms with Gasteiger partial charge in [-0.05, 0) is 152 Å². The van der Waals surface area contributed by atoms with Crippen LogP contribution in [-0.2, 0) is 5.41 Å². The Kier molecular flexibility index (Phi) is 10.6. The van der Waals surface area contributed by atoms with Gasteiger partial charge in [0, 0.05) is 33.5 Å². The van der Waals surface area contributed by atoms with Crippen molar-refractivity contribution < 1.29 is 4.74 Å². The molecule has 3 nitrogen and oxygen atoms in total. The molecule has 1 heterocycles. The quantitative estimate of drug-likeness (QED) is 0.129. The summed E-state index contributed by atoms with van der Waals surface area (Å²) in [4.78, 5) is 2.41. The first-order valence-corrected chi connectivity index (χ1v) is 24.6. The van der Waals surface area contributed by atoms with Crippen LogP contribution in [0.3, 0.4) is 0 Å². The van der Waals surface area contributed by atoms with Crippen LogP contribution in [0.4, 0.5) is 17.1 Å². The molecule has 0 bridgehead atoms. The van der Waals surface area contributed by atoms with Gasteiger partial charge in [0.05, 0.1) is 16.4 Å². The van der Waals surface area contributed by atoms with Crippen molar-refractivity contribution in [3.63, 3.8) is 0 Å². The molecule has 340 valence electrons. The average Bonchev–Trinajstić information content (AvgIpc) is 3.95. The van der Waals surface area contributed by atoms with Gasteiger partial charge in [0.2, 0.25) is 0 Å². The number of rotatable bonds is 11. The highest BCUT2D eigenvalue weighted by atomic mass is 16.5. The third-order valence-corrected chi connectivity index (χ3v) is 14.5. The van der Waals surface area contributed by atoms with Crippen molar-refractivity contribution in [1.29, 1.82) is 0 Å². The first kappa shape index (κ1) is 42.6. The number of aromatic nitrogens is 1. The minimum Gasteiger partial charge on any atom is -0.457 e. The van der Waals surface area contributed by atoms with Gasteiger partial charge in [-0.15, -0.1) is 0 Å². The molecular weight excluding hydrogens is 873 g/mol. The van der Waals surface area contributed by atoms with E-state index in [0.29, 0.717) is 0 Å². The molecule has 0 aliphatic heterocycles. The zero-order chi connectivity index (χ0) is 48.0. The molecular formula is C69H48N2O. The van der Waals surface area contributed by atoms with E-state index < -0.39 is 5.41 Å². The van der Waals surface area contributed by atoms with Crippen molar-refractivity contribution in [2.75, 3.05) is 4.90 Å². The fraction of sp³-hybridized carbons (Fsp3) is 0.0145. The van der Waals surface area contributed by atoms with Gasteiger partial charge in [0.1, 0.15) is 11.5 Å². The van der Waals surface area contributed by atoms with Gasteiger partial charge in [-0.25, -0.2) is 0 Å². The number of nitrogens with zero attached hydrogens (tertiary/aromatic N) is 2. The highest BCUT2D eigenvalue weighted by Gasteiger charge is 2.46. The maximum Gasteiger partial charge on any atom is 0.127 e. The van der Waals surface area contributed by atoms with Gasteiger partial charge >= 0.3 is 0 Å². The highest BCUT2D eigenvalue weighted by molar-refractivity contribution is 6.10. The largest absolute Gasteiger partial charge is 0.457 e. The number of anilines is 3. The number of benzene rings is 11. The van der Waals surface area contributed by atoms with Crippen LogP contribution in [0, 0.1) is 0 Å². The molecule has 13 rings (SSSR count). The van der Waals surface area contributed by atoms with Gasteiger partial charge in [-0.3, -0.25) is 0 Å². The second-order valence-corrected chi connectivity index (χ2v) is 18.5. The van der Waals surface area contributed by atoms with E-state index in [2.05, 4.69) is 265 Å². The van der Waals surface area contributed by atoms with E-state index in [0.717, 1.165) is 45.4 Å². The zero-order valence-corrected chi connectivity index (χ0v) is 39.6. The molecule has 72 heavy (non-hydrogen) atoms. The number of fused-ring (bicyclic) bond motifs is 6. The van der Waals surface area contributed by atoms with E-state index in [4.69, 9.17) is 4.74 Å². The number of para-hydroxylation sites is 2. The summed E-state index contributed by atoms with van der Waals surface area (Å²) in [7, 11) is 0. The Balaban J connectivity index is 0.945. The Hall–Kier alpha value is -9.44. The maximum absolute atomic E-state index is 6.41. The molecule has 0 N–H and O–H groups in total. The first-order chi connectivity index (χ1) is 35.6. The number of hydrogen-bond donors (Lipinski definition) is 0. The van der Waals surface area contributed by atoms with Crippen molar-refractivity contribution in [3.05, 3.63) is 307 Å². The van der Waals surface area contributed by atoms with Crippen LogP contribution in [0.1, 0.15) is 27.8 Å². The lowest BCUT2D eigenvalue weighted by atomic mass is 9.67. The van der Waals surface area contributed by atoms with Crippen LogP contribution in [0.15, 0.2) is 280 Å². The summed E-state index contributed by atoms with van der Waals surface area (Å²) in [5.41, 5.74) is 19.2. The van der Waals surface area contributed by atoms with Crippen molar-refractivity contribution in [2.24, 2.45) is 0 Å². The van der Waals surface area contributed by atoms with Crippen molar-refractivity contribution in [2.45, 2.75) is 5.41 Å². The number of ether oxygens (including phenoxy) is 1. The molecule has 1 aliphatic rings. The first-order valence-electron chi connectivity index (χ1n) is 24.6. The summed E-state index contributed by atoms with van der Waals surface area (Å²) in [5.74, 6) is 1.56. The summed E-state index contributed by atoms with van der Waals surface area (Å²) in [6, 6.07) is 98.6. The molecule has 0 saturated heterocycles. The molecule has 1 aliphatic carbocycles. The van der Waals surface area contributed by atoms with E-state index in [9.17, 15) is 0 Å². The minimum atomic E-state index is -0.623. The van der Waals surface area contributed by atoms with Gasteiger partial charge in [0.25, 0.3) is 0 Å². The van der Waals surface area contributed by atoms with E-state index in [-0.39, 0.29) is 0 Å². The Morgan fingerprint density at radius 3 is 1.58 bits per heavy atom. The fourth-order valence-electron chi connectivity index (χ4n) is 11.2.